The SMILES string of the molecule is CCN(CC)CCOc1cccc(NC(=O)C2CCc3cnc(C)n3C2)c1. The average molecular weight is 370 g/mol. The van der Waals surface area contributed by atoms with Crippen molar-refractivity contribution in [1.82, 2.24) is 14.5 Å². The van der Waals surface area contributed by atoms with Crippen molar-refractivity contribution in [2.45, 2.75) is 40.2 Å². The third-order valence-electron chi connectivity index (χ3n) is 5.33. The summed E-state index contributed by atoms with van der Waals surface area (Å²) in [5, 5.41) is 3.05. The first-order valence-corrected chi connectivity index (χ1v) is 9.87. The van der Waals surface area contributed by atoms with Gasteiger partial charge in [-0.3, -0.25) is 4.79 Å². The topological polar surface area (TPSA) is 59.4 Å². The van der Waals surface area contributed by atoms with Gasteiger partial charge >= 0.3 is 0 Å². The van der Waals surface area contributed by atoms with E-state index >= 15 is 0 Å². The van der Waals surface area contributed by atoms with Crippen molar-refractivity contribution in [3.05, 3.63) is 42.0 Å². The fourth-order valence-electron chi connectivity index (χ4n) is 3.55. The number of hydrogen-bond donors (Lipinski definition) is 1. The van der Waals surface area contributed by atoms with E-state index in [4.69, 9.17) is 4.74 Å². The summed E-state index contributed by atoms with van der Waals surface area (Å²) in [6.07, 6.45) is 3.67. The second kappa shape index (κ2) is 9.04. The number of ether oxygens (including phenoxy) is 1. The molecular weight excluding hydrogens is 340 g/mol. The molecule has 1 N–H and O–H groups in total. The van der Waals surface area contributed by atoms with Crippen LogP contribution in [0.4, 0.5) is 5.69 Å². The van der Waals surface area contributed by atoms with E-state index in [9.17, 15) is 4.79 Å². The lowest BCUT2D eigenvalue weighted by atomic mass is 9.97. The third kappa shape index (κ3) is 4.89. The third-order valence-corrected chi connectivity index (χ3v) is 5.33. The maximum Gasteiger partial charge on any atom is 0.229 e. The Hall–Kier alpha value is -2.34. The van der Waals surface area contributed by atoms with Gasteiger partial charge in [0.25, 0.3) is 0 Å². The number of nitrogens with zero attached hydrogens (tertiary/aromatic N) is 3. The van der Waals surface area contributed by atoms with Gasteiger partial charge in [-0.2, -0.15) is 0 Å². The Morgan fingerprint density at radius 1 is 1.37 bits per heavy atom. The molecule has 2 aromatic rings. The molecule has 1 aliphatic heterocycles. The molecule has 1 unspecified atom stereocenters. The highest BCUT2D eigenvalue weighted by Gasteiger charge is 2.25. The predicted octanol–water partition coefficient (Wildman–Crippen LogP) is 3.11. The summed E-state index contributed by atoms with van der Waals surface area (Å²) in [4.78, 5) is 19.4. The zero-order chi connectivity index (χ0) is 19.2. The van der Waals surface area contributed by atoms with Crippen LogP contribution in [0.25, 0.3) is 0 Å². The highest BCUT2D eigenvalue weighted by atomic mass is 16.5. The minimum Gasteiger partial charge on any atom is -0.492 e. The number of hydrogen-bond acceptors (Lipinski definition) is 4. The average Bonchev–Trinajstić information content (AvgIpc) is 3.06. The van der Waals surface area contributed by atoms with E-state index < -0.39 is 0 Å². The summed E-state index contributed by atoms with van der Waals surface area (Å²) in [7, 11) is 0. The number of carbonyl (C=O) groups is 1. The number of aromatic nitrogens is 2. The molecule has 1 atom stereocenters. The van der Waals surface area contributed by atoms with Crippen LogP contribution in [0.1, 0.15) is 31.8 Å². The van der Waals surface area contributed by atoms with E-state index in [0.717, 1.165) is 49.7 Å². The molecule has 1 aromatic carbocycles. The number of nitrogens with one attached hydrogen (secondary N) is 1. The van der Waals surface area contributed by atoms with Crippen molar-refractivity contribution in [1.29, 1.82) is 0 Å². The molecule has 6 nitrogen and oxygen atoms in total. The van der Waals surface area contributed by atoms with Gasteiger partial charge in [-0.25, -0.2) is 4.98 Å². The van der Waals surface area contributed by atoms with E-state index in [2.05, 4.69) is 33.6 Å². The molecule has 0 aliphatic carbocycles. The Kier molecular flexibility index (Phi) is 6.50. The maximum atomic E-state index is 12.7. The number of anilines is 1. The molecule has 0 saturated carbocycles. The Morgan fingerprint density at radius 2 is 2.19 bits per heavy atom. The second-order valence-electron chi connectivity index (χ2n) is 7.04. The van der Waals surface area contributed by atoms with Gasteiger partial charge in [0.1, 0.15) is 18.2 Å². The molecule has 0 saturated heterocycles. The molecule has 27 heavy (non-hydrogen) atoms. The minimum absolute atomic E-state index is 0.0300. The largest absolute Gasteiger partial charge is 0.492 e. The van der Waals surface area contributed by atoms with Crippen LogP contribution in [0, 0.1) is 12.8 Å². The van der Waals surface area contributed by atoms with E-state index in [1.54, 1.807) is 0 Å². The van der Waals surface area contributed by atoms with Gasteiger partial charge in [-0.1, -0.05) is 19.9 Å². The molecule has 1 aliphatic rings. The van der Waals surface area contributed by atoms with Crippen molar-refractivity contribution in [3.8, 4) is 5.75 Å². The smallest absolute Gasteiger partial charge is 0.229 e. The van der Waals surface area contributed by atoms with Crippen molar-refractivity contribution in [3.63, 3.8) is 0 Å². The number of amides is 1. The van der Waals surface area contributed by atoms with Crippen molar-refractivity contribution < 1.29 is 9.53 Å². The Bertz CT molecular complexity index is 767. The van der Waals surface area contributed by atoms with Crippen LogP contribution < -0.4 is 10.1 Å². The molecule has 0 spiro atoms. The number of carbonyl (C=O) groups excluding carboxylic acids is 1. The molecule has 2 heterocycles. The van der Waals surface area contributed by atoms with Gasteiger partial charge in [0.05, 0.1) is 5.92 Å². The minimum atomic E-state index is -0.0300. The first-order valence-electron chi connectivity index (χ1n) is 9.87. The highest BCUT2D eigenvalue weighted by molar-refractivity contribution is 5.92. The summed E-state index contributed by atoms with van der Waals surface area (Å²) < 4.78 is 8.01. The van der Waals surface area contributed by atoms with Crippen LogP contribution in [0.15, 0.2) is 30.5 Å². The molecule has 0 bridgehead atoms. The summed E-state index contributed by atoms with van der Waals surface area (Å²) in [5.74, 6) is 1.80. The summed E-state index contributed by atoms with van der Waals surface area (Å²) in [6.45, 7) is 10.6. The van der Waals surface area contributed by atoms with Gasteiger partial charge < -0.3 is 19.5 Å². The summed E-state index contributed by atoms with van der Waals surface area (Å²) >= 11 is 0. The van der Waals surface area contributed by atoms with Crippen molar-refractivity contribution in [2.24, 2.45) is 5.92 Å². The Morgan fingerprint density at radius 3 is 2.96 bits per heavy atom. The molecule has 1 aromatic heterocycles. The van der Waals surface area contributed by atoms with Crippen LogP contribution in [0.5, 0.6) is 5.75 Å². The lowest BCUT2D eigenvalue weighted by Crippen LogP contribution is -2.31. The van der Waals surface area contributed by atoms with Crippen LogP contribution in [-0.4, -0.2) is 46.6 Å². The van der Waals surface area contributed by atoms with Crippen LogP contribution in [0.3, 0.4) is 0 Å². The zero-order valence-electron chi connectivity index (χ0n) is 16.6. The number of rotatable bonds is 8. The highest BCUT2D eigenvalue weighted by Crippen LogP contribution is 2.24. The van der Waals surface area contributed by atoms with E-state index in [1.807, 2.05) is 37.4 Å². The number of aryl methyl sites for hydroxylation is 2. The van der Waals surface area contributed by atoms with Gasteiger partial charge in [-0.15, -0.1) is 0 Å². The van der Waals surface area contributed by atoms with Crippen LogP contribution in [-0.2, 0) is 17.8 Å². The predicted molar refractivity (Wildman–Crippen MR) is 107 cm³/mol. The van der Waals surface area contributed by atoms with Gasteiger partial charge in [0, 0.05) is 36.7 Å². The lowest BCUT2D eigenvalue weighted by molar-refractivity contribution is -0.120. The van der Waals surface area contributed by atoms with Crippen molar-refractivity contribution >= 4 is 11.6 Å². The first kappa shape index (κ1) is 19.4. The first-order chi connectivity index (χ1) is 13.1. The lowest BCUT2D eigenvalue weighted by Gasteiger charge is -2.24. The van der Waals surface area contributed by atoms with Gasteiger partial charge in [0.2, 0.25) is 5.91 Å². The quantitative estimate of drug-likeness (QED) is 0.776. The van der Waals surface area contributed by atoms with Crippen LogP contribution >= 0.6 is 0 Å². The zero-order valence-corrected chi connectivity index (χ0v) is 16.6. The fourth-order valence-corrected chi connectivity index (χ4v) is 3.55. The monoisotopic (exact) mass is 370 g/mol. The molecule has 3 rings (SSSR count). The summed E-state index contributed by atoms with van der Waals surface area (Å²) in [6, 6.07) is 7.66. The van der Waals surface area contributed by atoms with Crippen LogP contribution in [0.2, 0.25) is 0 Å². The summed E-state index contributed by atoms with van der Waals surface area (Å²) in [5.41, 5.74) is 2.01. The normalized spacial score (nSPS) is 16.2. The van der Waals surface area contributed by atoms with Gasteiger partial charge in [-0.05, 0) is 45.0 Å². The van der Waals surface area contributed by atoms with E-state index in [1.165, 1.54) is 5.69 Å². The molecule has 6 heteroatoms. The Labute approximate surface area is 161 Å². The number of benzene rings is 1. The Balaban J connectivity index is 1.55. The maximum absolute atomic E-state index is 12.7. The van der Waals surface area contributed by atoms with E-state index in [-0.39, 0.29) is 11.8 Å². The second-order valence-corrected chi connectivity index (χ2v) is 7.04. The van der Waals surface area contributed by atoms with E-state index in [0.29, 0.717) is 13.2 Å². The number of likely N-dealkylation sites (N-methyl/N-ethyl adjacent to an activating group) is 1. The standard InChI is InChI=1S/C21H30N4O2/c1-4-24(5-2)11-12-27-20-8-6-7-18(13-20)23-21(26)17-9-10-19-14-22-16(3)25(19)15-17/h6-8,13-14,17H,4-5,9-12,15H2,1-3H3,(H,23,26). The van der Waals surface area contributed by atoms with Gasteiger partial charge in [0.15, 0.2) is 0 Å². The molecule has 146 valence electrons. The number of fused-ring (bicyclic) bond motifs is 1. The molecule has 0 fully saturated rings. The number of imidazole rings is 1. The fraction of sp³-hybridized carbons (Fsp3) is 0.524. The molecular formula is C21H30N4O2. The van der Waals surface area contributed by atoms with Crippen molar-refractivity contribution in [2.75, 3.05) is 31.6 Å². The molecule has 1 amide bonds. The molecule has 0 radical (unpaired) electrons.